The maximum atomic E-state index is 6.12. The number of aryl methyl sites for hydroxylation is 1. The van der Waals surface area contributed by atoms with Crippen molar-refractivity contribution in [3.8, 4) is 5.75 Å². The number of nitrogens with one attached hydrogen (secondary N) is 1. The molecule has 0 fully saturated rings. The Labute approximate surface area is 137 Å². The fourth-order valence-corrected chi connectivity index (χ4v) is 3.00. The van der Waals surface area contributed by atoms with E-state index in [0.29, 0.717) is 5.02 Å². The summed E-state index contributed by atoms with van der Waals surface area (Å²) in [5, 5.41) is 5.01. The van der Waals surface area contributed by atoms with Crippen LogP contribution in [0.5, 0.6) is 5.75 Å². The molecule has 114 valence electrons. The Kier molecular flexibility index (Phi) is 5.64. The van der Waals surface area contributed by atoms with Crippen LogP contribution in [0.25, 0.3) is 0 Å². The number of rotatable bonds is 6. The first kappa shape index (κ1) is 16.3. The third-order valence-electron chi connectivity index (χ3n) is 3.21. The highest BCUT2D eigenvalue weighted by molar-refractivity contribution is 9.10. The third-order valence-corrected chi connectivity index (χ3v) is 4.06. The molecule has 0 aliphatic rings. The van der Waals surface area contributed by atoms with E-state index in [0.717, 1.165) is 34.4 Å². The molecule has 0 amide bonds. The van der Waals surface area contributed by atoms with Gasteiger partial charge < -0.3 is 4.74 Å². The van der Waals surface area contributed by atoms with Gasteiger partial charge in [-0.3, -0.25) is 10.5 Å². The number of ether oxygens (including phenoxy) is 1. The lowest BCUT2D eigenvalue weighted by atomic mass is 10.0. The van der Waals surface area contributed by atoms with Crippen molar-refractivity contribution in [3.05, 3.63) is 45.1 Å². The summed E-state index contributed by atoms with van der Waals surface area (Å²) < 4.78 is 8.24. The summed E-state index contributed by atoms with van der Waals surface area (Å²) in [5.74, 6) is 6.51. The van der Waals surface area contributed by atoms with E-state index in [4.69, 9.17) is 22.2 Å². The summed E-state index contributed by atoms with van der Waals surface area (Å²) in [4.78, 5) is 0. The van der Waals surface area contributed by atoms with Gasteiger partial charge in [0, 0.05) is 17.1 Å². The highest BCUT2D eigenvalue weighted by atomic mass is 79.9. The predicted octanol–water partition coefficient (Wildman–Crippen LogP) is 3.27. The minimum Gasteiger partial charge on any atom is -0.496 e. The van der Waals surface area contributed by atoms with Crippen LogP contribution >= 0.6 is 27.5 Å². The molecule has 0 bridgehead atoms. The van der Waals surface area contributed by atoms with Gasteiger partial charge in [-0.1, -0.05) is 18.5 Å². The SMILES string of the molecule is CCCn1ncc(Br)c1C(NN)c1cc(Cl)ccc1OC. The molecule has 0 saturated heterocycles. The molecule has 3 N–H and O–H groups in total. The molecule has 0 radical (unpaired) electrons. The van der Waals surface area contributed by atoms with E-state index in [2.05, 4.69) is 33.4 Å². The van der Waals surface area contributed by atoms with Gasteiger partial charge in [-0.15, -0.1) is 0 Å². The van der Waals surface area contributed by atoms with E-state index in [1.165, 1.54) is 0 Å². The first-order valence-corrected chi connectivity index (χ1v) is 7.80. The van der Waals surface area contributed by atoms with Crippen molar-refractivity contribution in [1.29, 1.82) is 0 Å². The number of nitrogens with two attached hydrogens (primary N) is 1. The highest BCUT2D eigenvalue weighted by Gasteiger charge is 2.24. The van der Waals surface area contributed by atoms with Gasteiger partial charge in [-0.05, 0) is 40.5 Å². The average molecular weight is 374 g/mol. The first-order chi connectivity index (χ1) is 10.1. The van der Waals surface area contributed by atoms with E-state index in [1.54, 1.807) is 19.4 Å². The molecule has 1 atom stereocenters. The standard InChI is InChI=1S/C14H18BrClN4O/c1-3-6-20-14(11(15)8-18-20)13(19-17)10-7-9(16)4-5-12(10)21-2/h4-5,7-8,13,19H,3,6,17H2,1-2H3. The van der Waals surface area contributed by atoms with Crippen molar-refractivity contribution < 1.29 is 4.74 Å². The molecule has 5 nitrogen and oxygen atoms in total. The van der Waals surface area contributed by atoms with Gasteiger partial charge in [0.05, 0.1) is 29.5 Å². The second-order valence-electron chi connectivity index (χ2n) is 4.59. The normalized spacial score (nSPS) is 12.4. The lowest BCUT2D eigenvalue weighted by Crippen LogP contribution is -2.31. The summed E-state index contributed by atoms with van der Waals surface area (Å²) in [6.45, 7) is 2.91. The minimum atomic E-state index is -0.276. The van der Waals surface area contributed by atoms with Gasteiger partial charge in [-0.2, -0.15) is 5.10 Å². The molecule has 1 unspecified atom stereocenters. The molecule has 1 aromatic carbocycles. The second-order valence-corrected chi connectivity index (χ2v) is 5.88. The number of nitrogens with zero attached hydrogens (tertiary/aromatic N) is 2. The Bertz CT molecular complexity index is 617. The summed E-state index contributed by atoms with van der Waals surface area (Å²) in [6.07, 6.45) is 2.75. The van der Waals surface area contributed by atoms with Gasteiger partial charge in [0.15, 0.2) is 0 Å². The van der Waals surface area contributed by atoms with Crippen LogP contribution in [0.15, 0.2) is 28.9 Å². The zero-order valence-electron chi connectivity index (χ0n) is 11.9. The number of methoxy groups -OCH3 is 1. The van der Waals surface area contributed by atoms with Gasteiger partial charge in [-0.25, -0.2) is 5.43 Å². The number of benzene rings is 1. The maximum Gasteiger partial charge on any atom is 0.124 e. The predicted molar refractivity (Wildman–Crippen MR) is 87.4 cm³/mol. The molecule has 2 aromatic rings. The molecule has 7 heteroatoms. The van der Waals surface area contributed by atoms with Gasteiger partial charge in [0.1, 0.15) is 5.75 Å². The van der Waals surface area contributed by atoms with Crippen molar-refractivity contribution in [2.75, 3.05) is 7.11 Å². The largest absolute Gasteiger partial charge is 0.496 e. The fourth-order valence-electron chi connectivity index (χ4n) is 2.30. The molecule has 0 spiro atoms. The molecule has 0 saturated carbocycles. The van der Waals surface area contributed by atoms with Gasteiger partial charge >= 0.3 is 0 Å². The van der Waals surface area contributed by atoms with Crippen molar-refractivity contribution in [2.24, 2.45) is 5.84 Å². The van der Waals surface area contributed by atoms with Crippen LogP contribution in [-0.4, -0.2) is 16.9 Å². The molecule has 0 aliphatic heterocycles. The Hall–Kier alpha value is -1.08. The Morgan fingerprint density at radius 3 is 2.90 bits per heavy atom. The van der Waals surface area contributed by atoms with Crippen LogP contribution in [0.4, 0.5) is 0 Å². The molecule has 1 heterocycles. The highest BCUT2D eigenvalue weighted by Crippen LogP contribution is 2.35. The van der Waals surface area contributed by atoms with E-state index >= 15 is 0 Å². The molecule has 0 aliphatic carbocycles. The number of aromatic nitrogens is 2. The van der Waals surface area contributed by atoms with E-state index in [9.17, 15) is 0 Å². The van der Waals surface area contributed by atoms with Crippen molar-refractivity contribution in [3.63, 3.8) is 0 Å². The Morgan fingerprint density at radius 2 is 2.29 bits per heavy atom. The van der Waals surface area contributed by atoms with Crippen LogP contribution in [0.2, 0.25) is 5.02 Å². The van der Waals surface area contributed by atoms with Crippen LogP contribution in [0, 0.1) is 0 Å². The molecule has 2 rings (SSSR count). The topological polar surface area (TPSA) is 65.1 Å². The average Bonchev–Trinajstić information content (AvgIpc) is 2.82. The van der Waals surface area contributed by atoms with Crippen LogP contribution in [0.3, 0.4) is 0 Å². The van der Waals surface area contributed by atoms with E-state index in [-0.39, 0.29) is 6.04 Å². The first-order valence-electron chi connectivity index (χ1n) is 6.63. The maximum absolute atomic E-state index is 6.12. The van der Waals surface area contributed by atoms with Crippen LogP contribution in [0.1, 0.15) is 30.6 Å². The van der Waals surface area contributed by atoms with E-state index < -0.39 is 0 Å². The number of hydrogen-bond acceptors (Lipinski definition) is 4. The van der Waals surface area contributed by atoms with Gasteiger partial charge in [0.25, 0.3) is 0 Å². The summed E-state index contributed by atoms with van der Waals surface area (Å²) in [5.41, 5.74) is 4.64. The minimum absolute atomic E-state index is 0.276. The lowest BCUT2D eigenvalue weighted by molar-refractivity contribution is 0.401. The smallest absolute Gasteiger partial charge is 0.124 e. The zero-order valence-corrected chi connectivity index (χ0v) is 14.3. The third kappa shape index (κ3) is 3.40. The number of hydrazine groups is 1. The second kappa shape index (κ2) is 7.26. The van der Waals surface area contributed by atoms with Crippen molar-refractivity contribution in [1.82, 2.24) is 15.2 Å². The summed E-state index contributed by atoms with van der Waals surface area (Å²) in [6, 6.07) is 5.19. The zero-order chi connectivity index (χ0) is 15.4. The summed E-state index contributed by atoms with van der Waals surface area (Å²) in [7, 11) is 1.62. The summed E-state index contributed by atoms with van der Waals surface area (Å²) >= 11 is 9.66. The number of halogens is 2. The monoisotopic (exact) mass is 372 g/mol. The molecule has 1 aromatic heterocycles. The molecular formula is C14H18BrClN4O. The van der Waals surface area contributed by atoms with Crippen molar-refractivity contribution in [2.45, 2.75) is 25.9 Å². The fraction of sp³-hybridized carbons (Fsp3) is 0.357. The van der Waals surface area contributed by atoms with E-state index in [1.807, 2.05) is 16.8 Å². The van der Waals surface area contributed by atoms with Crippen LogP contribution < -0.4 is 16.0 Å². The quantitative estimate of drug-likeness (QED) is 0.602. The molecular weight excluding hydrogens is 356 g/mol. The van der Waals surface area contributed by atoms with Gasteiger partial charge in [0.2, 0.25) is 0 Å². The molecule has 21 heavy (non-hydrogen) atoms. The lowest BCUT2D eigenvalue weighted by Gasteiger charge is -2.21. The Balaban J connectivity index is 2.54. The Morgan fingerprint density at radius 1 is 1.52 bits per heavy atom. The number of hydrogen-bond donors (Lipinski definition) is 2. The van der Waals surface area contributed by atoms with Crippen LogP contribution in [-0.2, 0) is 6.54 Å². The van der Waals surface area contributed by atoms with Crippen molar-refractivity contribution >= 4 is 27.5 Å².